The lowest BCUT2D eigenvalue weighted by Gasteiger charge is -2.11. The number of nitrogens with zero attached hydrogens (tertiary/aromatic N) is 1. The molecule has 0 aromatic heterocycles. The highest BCUT2D eigenvalue weighted by molar-refractivity contribution is 7.80. The van der Waals surface area contributed by atoms with E-state index in [9.17, 15) is 9.18 Å². The van der Waals surface area contributed by atoms with E-state index in [1.54, 1.807) is 0 Å². The van der Waals surface area contributed by atoms with Gasteiger partial charge in [-0.05, 0) is 18.6 Å². The lowest BCUT2D eigenvalue weighted by atomic mass is 10.2. The first-order valence-electron chi connectivity index (χ1n) is 4.38. The van der Waals surface area contributed by atoms with E-state index in [1.807, 2.05) is 6.92 Å². The van der Waals surface area contributed by atoms with Crippen molar-refractivity contribution in [3.05, 3.63) is 0 Å². The highest BCUT2D eigenvalue weighted by Crippen LogP contribution is 2.10. The number of nitrogens with one attached hydrogen (secondary N) is 1. The third-order valence-electron chi connectivity index (χ3n) is 1.99. The molecule has 1 aliphatic heterocycles. The maximum atomic E-state index is 12.0. The number of rotatable bonds is 4. The zero-order valence-electron chi connectivity index (χ0n) is 7.55. The van der Waals surface area contributed by atoms with Crippen molar-refractivity contribution in [1.82, 2.24) is 10.2 Å². The number of alkyl halides is 1. The van der Waals surface area contributed by atoms with Gasteiger partial charge in [-0.15, -0.1) is 0 Å². The van der Waals surface area contributed by atoms with Gasteiger partial charge in [0.15, 0.2) is 5.11 Å². The van der Waals surface area contributed by atoms with Gasteiger partial charge in [0.1, 0.15) is 12.7 Å². The molecular formula is C8H13FN2OS. The Morgan fingerprint density at radius 2 is 2.38 bits per heavy atom. The first-order chi connectivity index (χ1) is 6.20. The van der Waals surface area contributed by atoms with Gasteiger partial charge in [0, 0.05) is 0 Å². The molecule has 1 amide bonds. The monoisotopic (exact) mass is 204 g/mol. The Labute approximate surface area is 82.3 Å². The predicted molar refractivity (Wildman–Crippen MR) is 52.1 cm³/mol. The fraction of sp³-hybridized carbons (Fsp3) is 0.750. The summed E-state index contributed by atoms with van der Waals surface area (Å²) in [7, 11) is 0. The lowest BCUT2D eigenvalue weighted by Crippen LogP contribution is -2.33. The fourth-order valence-corrected chi connectivity index (χ4v) is 1.68. The van der Waals surface area contributed by atoms with Crippen LogP contribution in [0.4, 0.5) is 4.39 Å². The van der Waals surface area contributed by atoms with Gasteiger partial charge in [-0.1, -0.05) is 13.3 Å². The number of thiocarbonyl (C=S) groups is 1. The van der Waals surface area contributed by atoms with Gasteiger partial charge in [-0.3, -0.25) is 9.69 Å². The summed E-state index contributed by atoms with van der Waals surface area (Å²) in [5.41, 5.74) is 0. The van der Waals surface area contributed by atoms with Crippen molar-refractivity contribution in [1.29, 1.82) is 0 Å². The van der Waals surface area contributed by atoms with Crippen LogP contribution in [0.3, 0.4) is 0 Å². The second-order valence-corrected chi connectivity index (χ2v) is 3.36. The zero-order valence-corrected chi connectivity index (χ0v) is 8.36. The normalized spacial score (nSPS) is 22.3. The Kier molecular flexibility index (Phi) is 3.59. The van der Waals surface area contributed by atoms with Crippen LogP contribution >= 0.6 is 12.2 Å². The lowest BCUT2D eigenvalue weighted by molar-refractivity contribution is -0.127. The molecule has 3 nitrogen and oxygen atoms in total. The van der Waals surface area contributed by atoms with Crippen molar-refractivity contribution in [3.8, 4) is 0 Å². The Bertz CT molecular complexity index is 222. The molecule has 0 aliphatic carbocycles. The summed E-state index contributed by atoms with van der Waals surface area (Å²) in [6.07, 6.45) is 1.66. The molecule has 0 aromatic rings. The largest absolute Gasteiger partial charge is 0.350 e. The first-order valence-corrected chi connectivity index (χ1v) is 4.79. The molecule has 1 rings (SSSR count). The number of hydrogen-bond acceptors (Lipinski definition) is 2. The average molecular weight is 204 g/mol. The minimum atomic E-state index is -0.549. The van der Waals surface area contributed by atoms with E-state index < -0.39 is 6.67 Å². The zero-order chi connectivity index (χ0) is 9.84. The molecule has 1 fully saturated rings. The maximum Gasteiger partial charge on any atom is 0.251 e. The van der Waals surface area contributed by atoms with Crippen molar-refractivity contribution in [2.45, 2.75) is 25.8 Å². The van der Waals surface area contributed by atoms with Gasteiger partial charge < -0.3 is 5.32 Å². The highest BCUT2D eigenvalue weighted by Gasteiger charge is 2.33. The summed E-state index contributed by atoms with van der Waals surface area (Å²) in [6, 6.07) is -0.232. The number of amides is 1. The second-order valence-electron chi connectivity index (χ2n) is 2.97. The smallest absolute Gasteiger partial charge is 0.251 e. The van der Waals surface area contributed by atoms with Gasteiger partial charge in [-0.2, -0.15) is 0 Å². The molecule has 1 heterocycles. The predicted octanol–water partition coefficient (Wildman–Crippen LogP) is 0.841. The Balaban J connectivity index is 2.58. The van der Waals surface area contributed by atoms with E-state index in [0.717, 1.165) is 12.8 Å². The highest BCUT2D eigenvalue weighted by atomic mass is 32.1. The van der Waals surface area contributed by atoms with Crippen LogP contribution in [-0.4, -0.2) is 35.2 Å². The van der Waals surface area contributed by atoms with Crippen molar-refractivity contribution in [3.63, 3.8) is 0 Å². The minimum absolute atomic E-state index is 0.0743. The SMILES string of the molecule is CCC[C@H]1NC(=S)N(CCF)C1=O. The molecule has 0 spiro atoms. The molecule has 5 heteroatoms. The summed E-state index contributed by atoms with van der Waals surface area (Å²) < 4.78 is 12.0. The van der Waals surface area contributed by atoms with E-state index in [0.29, 0.717) is 5.11 Å². The van der Waals surface area contributed by atoms with E-state index in [1.165, 1.54) is 4.90 Å². The molecule has 0 radical (unpaired) electrons. The third kappa shape index (κ3) is 2.15. The van der Waals surface area contributed by atoms with Gasteiger partial charge in [-0.25, -0.2) is 4.39 Å². The van der Waals surface area contributed by atoms with Crippen LogP contribution in [0.1, 0.15) is 19.8 Å². The number of halogens is 1. The Hall–Kier alpha value is -0.710. The van der Waals surface area contributed by atoms with Gasteiger partial charge in [0.2, 0.25) is 0 Å². The summed E-state index contributed by atoms with van der Waals surface area (Å²) >= 11 is 4.90. The Morgan fingerprint density at radius 3 is 2.92 bits per heavy atom. The van der Waals surface area contributed by atoms with Crippen LogP contribution in [0.25, 0.3) is 0 Å². The number of hydrogen-bond donors (Lipinski definition) is 1. The fourth-order valence-electron chi connectivity index (χ4n) is 1.36. The standard InChI is InChI=1S/C8H13FN2OS/c1-2-3-6-7(12)11(5-4-9)8(13)10-6/h6H,2-5H2,1H3,(H,10,13)/t6-/m1/s1. The summed E-state index contributed by atoms with van der Waals surface area (Å²) in [6.45, 7) is 1.52. The number of carbonyl (C=O) groups excluding carboxylic acids is 1. The summed E-state index contributed by atoms with van der Waals surface area (Å²) in [5.74, 6) is -0.0931. The molecule has 0 aromatic carbocycles. The van der Waals surface area contributed by atoms with Gasteiger partial charge in [0.05, 0.1) is 6.54 Å². The molecule has 1 aliphatic rings. The van der Waals surface area contributed by atoms with E-state index in [4.69, 9.17) is 12.2 Å². The first kappa shape index (κ1) is 10.4. The molecular weight excluding hydrogens is 191 g/mol. The van der Waals surface area contributed by atoms with Crippen molar-refractivity contribution < 1.29 is 9.18 Å². The van der Waals surface area contributed by atoms with E-state index >= 15 is 0 Å². The molecule has 74 valence electrons. The molecule has 0 unspecified atom stereocenters. The van der Waals surface area contributed by atoms with Crippen LogP contribution in [0.5, 0.6) is 0 Å². The van der Waals surface area contributed by atoms with Crippen molar-refractivity contribution in [2.24, 2.45) is 0 Å². The van der Waals surface area contributed by atoms with Crippen molar-refractivity contribution >= 4 is 23.2 Å². The molecule has 0 saturated carbocycles. The van der Waals surface area contributed by atoms with Crippen LogP contribution < -0.4 is 5.32 Å². The van der Waals surface area contributed by atoms with Crippen LogP contribution in [0, 0.1) is 0 Å². The van der Waals surface area contributed by atoms with Crippen molar-refractivity contribution in [2.75, 3.05) is 13.2 Å². The van der Waals surface area contributed by atoms with Crippen LogP contribution in [0.2, 0.25) is 0 Å². The molecule has 13 heavy (non-hydrogen) atoms. The topological polar surface area (TPSA) is 32.3 Å². The summed E-state index contributed by atoms with van der Waals surface area (Å²) in [4.78, 5) is 12.8. The van der Waals surface area contributed by atoms with Gasteiger partial charge in [0.25, 0.3) is 5.91 Å². The van der Waals surface area contributed by atoms with Gasteiger partial charge >= 0.3 is 0 Å². The van der Waals surface area contributed by atoms with Crippen LogP contribution in [0.15, 0.2) is 0 Å². The molecule has 1 N–H and O–H groups in total. The van der Waals surface area contributed by atoms with E-state index in [-0.39, 0.29) is 18.5 Å². The number of carbonyl (C=O) groups is 1. The Morgan fingerprint density at radius 1 is 1.69 bits per heavy atom. The molecule has 1 atom stereocenters. The summed E-state index contributed by atoms with van der Waals surface area (Å²) in [5, 5.41) is 3.24. The average Bonchev–Trinajstić information content (AvgIpc) is 2.34. The quantitative estimate of drug-likeness (QED) is 0.689. The maximum absolute atomic E-state index is 12.0. The van der Waals surface area contributed by atoms with Crippen LogP contribution in [-0.2, 0) is 4.79 Å². The minimum Gasteiger partial charge on any atom is -0.350 e. The molecule has 0 bridgehead atoms. The third-order valence-corrected chi connectivity index (χ3v) is 2.33. The molecule has 1 saturated heterocycles. The second kappa shape index (κ2) is 4.50. The van der Waals surface area contributed by atoms with E-state index in [2.05, 4.69) is 5.32 Å².